The van der Waals surface area contributed by atoms with Gasteiger partial charge < -0.3 is 25.6 Å². The number of rotatable bonds is 4. The highest BCUT2D eigenvalue weighted by atomic mass is 35.5. The summed E-state index contributed by atoms with van der Waals surface area (Å²) in [5, 5.41) is 27.8. The number of amidine groups is 1. The van der Waals surface area contributed by atoms with Crippen molar-refractivity contribution in [2.75, 3.05) is 13.1 Å². The SMILES string of the molecule is CCNC1=N[C@@H]2[C@@H](O)[C@H](O)[C@@H](CNC3CCC3)O[C@@H]2S1.Cl. The number of aliphatic hydroxyl groups is 2. The number of nitrogens with zero attached hydrogens (tertiary/aromatic N) is 1. The molecule has 2 heterocycles. The summed E-state index contributed by atoms with van der Waals surface area (Å²) < 4.78 is 5.92. The van der Waals surface area contributed by atoms with Crippen molar-refractivity contribution >= 4 is 29.3 Å². The Morgan fingerprint density at radius 1 is 1.33 bits per heavy atom. The van der Waals surface area contributed by atoms with E-state index in [1.165, 1.54) is 31.0 Å². The largest absolute Gasteiger partial charge is 0.388 e. The first-order valence-corrected chi connectivity index (χ1v) is 8.30. The van der Waals surface area contributed by atoms with Crippen molar-refractivity contribution in [3.8, 4) is 0 Å². The summed E-state index contributed by atoms with van der Waals surface area (Å²) >= 11 is 1.50. The molecule has 0 amide bonds. The number of hydrogen-bond acceptors (Lipinski definition) is 7. The van der Waals surface area contributed by atoms with Gasteiger partial charge in [-0.15, -0.1) is 12.4 Å². The zero-order chi connectivity index (χ0) is 14.1. The summed E-state index contributed by atoms with van der Waals surface area (Å²) in [5.41, 5.74) is -0.198. The van der Waals surface area contributed by atoms with Crippen LogP contribution < -0.4 is 10.6 Å². The van der Waals surface area contributed by atoms with E-state index in [-0.39, 0.29) is 30.0 Å². The molecule has 0 spiro atoms. The molecule has 2 aliphatic heterocycles. The molecule has 3 rings (SSSR count). The van der Waals surface area contributed by atoms with Gasteiger partial charge in [0.2, 0.25) is 0 Å². The molecule has 0 unspecified atom stereocenters. The van der Waals surface area contributed by atoms with Crippen molar-refractivity contribution in [3.63, 3.8) is 0 Å². The Hall–Kier alpha value is -0.0500. The molecule has 0 aromatic rings. The van der Waals surface area contributed by atoms with Gasteiger partial charge in [0.15, 0.2) is 5.17 Å². The van der Waals surface area contributed by atoms with Crippen LogP contribution in [0.4, 0.5) is 0 Å². The lowest BCUT2D eigenvalue weighted by Crippen LogP contribution is -2.58. The fourth-order valence-electron chi connectivity index (χ4n) is 2.73. The second kappa shape index (κ2) is 7.48. The predicted molar refractivity (Wildman–Crippen MR) is 86.1 cm³/mol. The van der Waals surface area contributed by atoms with Crippen LogP contribution in [-0.4, -0.2) is 64.3 Å². The third-order valence-corrected chi connectivity index (χ3v) is 5.30. The van der Waals surface area contributed by atoms with Crippen LogP contribution in [0, 0.1) is 0 Å². The van der Waals surface area contributed by atoms with Gasteiger partial charge in [-0.3, -0.25) is 4.99 Å². The van der Waals surface area contributed by atoms with E-state index in [0.717, 1.165) is 11.7 Å². The zero-order valence-corrected chi connectivity index (χ0v) is 13.7. The van der Waals surface area contributed by atoms with Crippen LogP contribution in [0.15, 0.2) is 4.99 Å². The Morgan fingerprint density at radius 3 is 2.71 bits per heavy atom. The second-order valence-corrected chi connectivity index (χ2v) is 6.72. The van der Waals surface area contributed by atoms with Crippen molar-refractivity contribution in [3.05, 3.63) is 0 Å². The molecule has 6 nitrogen and oxygen atoms in total. The maximum atomic E-state index is 10.2. The fraction of sp³-hybridized carbons (Fsp3) is 0.923. The van der Waals surface area contributed by atoms with Crippen molar-refractivity contribution in [1.82, 2.24) is 10.6 Å². The number of ether oxygens (including phenoxy) is 1. The number of aliphatic imine (C=N–C) groups is 1. The van der Waals surface area contributed by atoms with Crippen molar-refractivity contribution in [2.24, 2.45) is 4.99 Å². The molecule has 4 N–H and O–H groups in total. The van der Waals surface area contributed by atoms with Gasteiger partial charge in [0.25, 0.3) is 0 Å². The molecule has 5 atom stereocenters. The van der Waals surface area contributed by atoms with Crippen LogP contribution in [-0.2, 0) is 4.74 Å². The minimum absolute atomic E-state index is 0. The first-order valence-electron chi connectivity index (χ1n) is 7.42. The molecule has 0 aromatic heterocycles. The number of halogens is 1. The summed E-state index contributed by atoms with van der Waals surface area (Å²) in [7, 11) is 0. The van der Waals surface area contributed by atoms with Crippen LogP contribution in [0.25, 0.3) is 0 Å². The first kappa shape index (κ1) is 17.3. The lowest BCUT2D eigenvalue weighted by atomic mass is 9.92. The fourth-order valence-corrected chi connectivity index (χ4v) is 3.92. The maximum absolute atomic E-state index is 10.2. The predicted octanol–water partition coefficient (Wildman–Crippen LogP) is 0.0779. The molecule has 1 saturated carbocycles. The average Bonchev–Trinajstić information content (AvgIpc) is 2.77. The minimum atomic E-state index is -0.880. The molecule has 21 heavy (non-hydrogen) atoms. The van der Waals surface area contributed by atoms with Gasteiger partial charge in [-0.25, -0.2) is 0 Å². The topological polar surface area (TPSA) is 86.1 Å². The summed E-state index contributed by atoms with van der Waals surface area (Å²) in [6.45, 7) is 3.38. The van der Waals surface area contributed by atoms with Crippen LogP contribution in [0.3, 0.4) is 0 Å². The first-order chi connectivity index (χ1) is 9.69. The summed E-state index contributed by atoms with van der Waals surface area (Å²) in [5.74, 6) is 0. The Kier molecular flexibility index (Phi) is 6.16. The van der Waals surface area contributed by atoms with E-state index in [1.807, 2.05) is 6.92 Å². The number of thioether (sulfide) groups is 1. The molecular weight excluding hydrogens is 314 g/mol. The molecule has 0 radical (unpaired) electrons. The van der Waals surface area contributed by atoms with E-state index in [9.17, 15) is 10.2 Å². The highest BCUT2D eigenvalue weighted by Gasteiger charge is 2.48. The van der Waals surface area contributed by atoms with Gasteiger partial charge in [-0.2, -0.15) is 0 Å². The van der Waals surface area contributed by atoms with Crippen molar-refractivity contribution < 1.29 is 14.9 Å². The number of aliphatic hydroxyl groups excluding tert-OH is 2. The third-order valence-electron chi connectivity index (χ3n) is 4.20. The van der Waals surface area contributed by atoms with E-state index in [0.29, 0.717) is 12.6 Å². The Bertz CT molecular complexity index is 384. The highest BCUT2D eigenvalue weighted by molar-refractivity contribution is 8.14. The molecule has 0 bridgehead atoms. The highest BCUT2D eigenvalue weighted by Crippen LogP contribution is 2.35. The second-order valence-electron chi connectivity index (χ2n) is 5.63. The zero-order valence-electron chi connectivity index (χ0n) is 12.1. The molecule has 122 valence electrons. The summed E-state index contributed by atoms with van der Waals surface area (Å²) in [6.07, 6.45) is 1.56. The van der Waals surface area contributed by atoms with E-state index >= 15 is 0 Å². The normalized spacial score (nSPS) is 39.0. The van der Waals surface area contributed by atoms with Crippen molar-refractivity contribution in [1.29, 1.82) is 0 Å². The molecular formula is C13H24ClN3O3S. The molecule has 3 aliphatic rings. The number of fused-ring (bicyclic) bond motifs is 1. The molecule has 1 aliphatic carbocycles. The van der Waals surface area contributed by atoms with Crippen LogP contribution >= 0.6 is 24.2 Å². The maximum Gasteiger partial charge on any atom is 0.159 e. The van der Waals surface area contributed by atoms with Crippen LogP contribution in [0.1, 0.15) is 26.2 Å². The van der Waals surface area contributed by atoms with Crippen LogP contribution in [0.2, 0.25) is 0 Å². The Balaban J connectivity index is 0.00000161. The van der Waals surface area contributed by atoms with E-state index in [4.69, 9.17) is 4.74 Å². The molecule has 2 fully saturated rings. The van der Waals surface area contributed by atoms with E-state index in [2.05, 4.69) is 15.6 Å². The quantitative estimate of drug-likeness (QED) is 0.581. The van der Waals surface area contributed by atoms with Gasteiger partial charge in [0, 0.05) is 19.1 Å². The van der Waals surface area contributed by atoms with Gasteiger partial charge >= 0.3 is 0 Å². The lowest BCUT2D eigenvalue weighted by molar-refractivity contribution is -0.151. The monoisotopic (exact) mass is 337 g/mol. The van der Waals surface area contributed by atoms with Crippen LogP contribution in [0.5, 0.6) is 0 Å². The van der Waals surface area contributed by atoms with Gasteiger partial charge in [-0.05, 0) is 19.8 Å². The Labute approximate surface area is 135 Å². The van der Waals surface area contributed by atoms with Gasteiger partial charge in [0.05, 0.1) is 0 Å². The molecule has 1 saturated heterocycles. The minimum Gasteiger partial charge on any atom is -0.388 e. The summed E-state index contributed by atoms with van der Waals surface area (Å²) in [6, 6.07) is 0.175. The standard InChI is InChI=1S/C13H23N3O3S.ClH/c1-2-14-13-16-9-11(18)10(17)8(19-12(9)20-13)6-15-7-4-3-5-7;/h7-12,15,17-18H,2-6H2,1H3,(H,14,16);1H/t8-,9-,10-,11-,12-;/m1./s1. The Morgan fingerprint density at radius 2 is 2.10 bits per heavy atom. The number of hydrogen-bond donors (Lipinski definition) is 4. The van der Waals surface area contributed by atoms with Gasteiger partial charge in [0.1, 0.15) is 29.8 Å². The smallest absolute Gasteiger partial charge is 0.159 e. The average molecular weight is 338 g/mol. The number of nitrogens with one attached hydrogen (secondary N) is 2. The van der Waals surface area contributed by atoms with E-state index in [1.54, 1.807) is 0 Å². The lowest BCUT2D eigenvalue weighted by Gasteiger charge is -2.39. The van der Waals surface area contributed by atoms with E-state index < -0.39 is 12.2 Å². The third kappa shape index (κ3) is 3.65. The summed E-state index contributed by atoms with van der Waals surface area (Å²) in [4.78, 5) is 4.40. The molecule has 8 heteroatoms. The van der Waals surface area contributed by atoms with Gasteiger partial charge in [-0.1, -0.05) is 18.2 Å². The molecule has 0 aromatic carbocycles. The van der Waals surface area contributed by atoms with Crippen molar-refractivity contribution in [2.45, 2.75) is 62.0 Å².